The molecular formula is C18H26N2O2. The van der Waals surface area contributed by atoms with Gasteiger partial charge < -0.3 is 15.0 Å². The van der Waals surface area contributed by atoms with Gasteiger partial charge in [0.1, 0.15) is 0 Å². The number of piperidine rings is 1. The Hall–Kier alpha value is -1.55. The summed E-state index contributed by atoms with van der Waals surface area (Å²) in [5, 5.41) is 3.11. The van der Waals surface area contributed by atoms with Crippen molar-refractivity contribution in [1.82, 2.24) is 5.32 Å². The zero-order chi connectivity index (χ0) is 15.4. The van der Waals surface area contributed by atoms with Crippen molar-refractivity contribution in [3.8, 4) is 0 Å². The van der Waals surface area contributed by atoms with E-state index < -0.39 is 0 Å². The van der Waals surface area contributed by atoms with Crippen LogP contribution in [-0.2, 0) is 16.1 Å². The van der Waals surface area contributed by atoms with Gasteiger partial charge in [0.15, 0.2) is 0 Å². The third-order valence-corrected chi connectivity index (χ3v) is 4.85. The van der Waals surface area contributed by atoms with Crippen molar-refractivity contribution in [3.05, 3.63) is 29.8 Å². The van der Waals surface area contributed by atoms with Gasteiger partial charge in [-0.1, -0.05) is 18.2 Å². The zero-order valence-electron chi connectivity index (χ0n) is 13.4. The van der Waals surface area contributed by atoms with E-state index in [1.54, 1.807) is 0 Å². The van der Waals surface area contributed by atoms with E-state index in [1.165, 1.54) is 30.5 Å². The Morgan fingerprint density at radius 2 is 2.05 bits per heavy atom. The molecule has 0 aliphatic carbocycles. The van der Waals surface area contributed by atoms with Crippen LogP contribution in [0.4, 0.5) is 5.69 Å². The fourth-order valence-electron chi connectivity index (χ4n) is 3.49. The van der Waals surface area contributed by atoms with Crippen LogP contribution < -0.4 is 10.2 Å². The van der Waals surface area contributed by atoms with Gasteiger partial charge in [0, 0.05) is 31.9 Å². The topological polar surface area (TPSA) is 41.6 Å². The van der Waals surface area contributed by atoms with Crippen molar-refractivity contribution >= 4 is 11.6 Å². The standard InChI is InChI=1S/C18H26N2O2/c1-14-16(9-12-22-14)18(21)19-13-15-7-3-4-8-17(15)20-10-5-2-6-11-20/h3-4,7-8,14,16H,2,5-6,9-13H2,1H3,(H,19,21). The lowest BCUT2D eigenvalue weighted by Gasteiger charge is -2.30. The first-order chi connectivity index (χ1) is 10.8. The Kier molecular flexibility index (Phi) is 4.98. The number of hydrogen-bond acceptors (Lipinski definition) is 3. The third-order valence-electron chi connectivity index (χ3n) is 4.85. The molecule has 2 aliphatic rings. The van der Waals surface area contributed by atoms with Gasteiger partial charge in [-0.15, -0.1) is 0 Å². The maximum Gasteiger partial charge on any atom is 0.226 e. The molecule has 1 amide bonds. The highest BCUT2D eigenvalue weighted by Crippen LogP contribution is 2.25. The number of ether oxygens (including phenoxy) is 1. The lowest BCUT2D eigenvalue weighted by Crippen LogP contribution is -2.35. The summed E-state index contributed by atoms with van der Waals surface area (Å²) in [5.74, 6) is 0.126. The molecule has 120 valence electrons. The Labute approximate surface area is 132 Å². The van der Waals surface area contributed by atoms with Crippen molar-refractivity contribution in [1.29, 1.82) is 0 Å². The zero-order valence-corrected chi connectivity index (χ0v) is 13.4. The predicted molar refractivity (Wildman–Crippen MR) is 87.9 cm³/mol. The molecule has 4 heteroatoms. The fourth-order valence-corrected chi connectivity index (χ4v) is 3.49. The van der Waals surface area contributed by atoms with E-state index in [0.717, 1.165) is 19.5 Å². The molecule has 0 radical (unpaired) electrons. The molecule has 0 saturated carbocycles. The minimum atomic E-state index is 0.00199. The Morgan fingerprint density at radius 3 is 2.77 bits per heavy atom. The van der Waals surface area contributed by atoms with Gasteiger partial charge in [0.25, 0.3) is 0 Å². The Bertz CT molecular complexity index is 512. The Balaban J connectivity index is 1.63. The molecule has 0 bridgehead atoms. The fraction of sp³-hybridized carbons (Fsp3) is 0.611. The second-order valence-corrected chi connectivity index (χ2v) is 6.37. The molecule has 3 rings (SSSR count). The molecule has 2 atom stereocenters. The van der Waals surface area contributed by atoms with Gasteiger partial charge in [-0.05, 0) is 44.2 Å². The lowest BCUT2D eigenvalue weighted by atomic mass is 10.0. The van der Waals surface area contributed by atoms with Crippen molar-refractivity contribution in [2.75, 3.05) is 24.6 Å². The summed E-state index contributed by atoms with van der Waals surface area (Å²) < 4.78 is 5.49. The van der Waals surface area contributed by atoms with Crippen molar-refractivity contribution in [2.45, 2.75) is 45.3 Å². The highest BCUT2D eigenvalue weighted by Gasteiger charge is 2.30. The number of rotatable bonds is 4. The number of amides is 1. The normalized spacial score (nSPS) is 25.2. The van der Waals surface area contributed by atoms with Gasteiger partial charge in [-0.25, -0.2) is 0 Å². The molecule has 0 aromatic heterocycles. The van der Waals surface area contributed by atoms with Crippen LogP contribution in [0.3, 0.4) is 0 Å². The van der Waals surface area contributed by atoms with Crippen LogP contribution in [0.25, 0.3) is 0 Å². The SMILES string of the molecule is CC1OCCC1C(=O)NCc1ccccc1N1CCCCC1. The van der Waals surface area contributed by atoms with E-state index in [0.29, 0.717) is 13.2 Å². The Morgan fingerprint density at radius 1 is 1.27 bits per heavy atom. The van der Waals surface area contributed by atoms with E-state index in [4.69, 9.17) is 4.74 Å². The smallest absolute Gasteiger partial charge is 0.226 e. The van der Waals surface area contributed by atoms with Gasteiger partial charge >= 0.3 is 0 Å². The van der Waals surface area contributed by atoms with Gasteiger partial charge in [-0.3, -0.25) is 4.79 Å². The summed E-state index contributed by atoms with van der Waals surface area (Å²) in [6.07, 6.45) is 4.72. The summed E-state index contributed by atoms with van der Waals surface area (Å²) in [6.45, 7) is 5.54. The van der Waals surface area contributed by atoms with Crippen molar-refractivity contribution in [3.63, 3.8) is 0 Å². The summed E-state index contributed by atoms with van der Waals surface area (Å²) in [7, 11) is 0. The predicted octanol–water partition coefficient (Wildman–Crippen LogP) is 2.72. The maximum absolute atomic E-state index is 12.3. The van der Waals surface area contributed by atoms with Crippen LogP contribution in [0.5, 0.6) is 0 Å². The van der Waals surface area contributed by atoms with Gasteiger partial charge in [-0.2, -0.15) is 0 Å². The summed E-state index contributed by atoms with van der Waals surface area (Å²) in [6, 6.07) is 8.44. The minimum absolute atomic E-state index is 0.00199. The number of carbonyl (C=O) groups is 1. The number of nitrogens with one attached hydrogen (secondary N) is 1. The number of carbonyl (C=O) groups excluding carboxylic acids is 1. The van der Waals surface area contributed by atoms with E-state index in [2.05, 4.69) is 34.5 Å². The summed E-state index contributed by atoms with van der Waals surface area (Å²) >= 11 is 0. The second kappa shape index (κ2) is 7.14. The van der Waals surface area contributed by atoms with E-state index in [1.807, 2.05) is 6.92 Å². The number of para-hydroxylation sites is 1. The van der Waals surface area contributed by atoms with E-state index in [9.17, 15) is 4.79 Å². The quantitative estimate of drug-likeness (QED) is 0.930. The first-order valence-corrected chi connectivity index (χ1v) is 8.48. The highest BCUT2D eigenvalue weighted by atomic mass is 16.5. The van der Waals surface area contributed by atoms with Gasteiger partial charge in [0.05, 0.1) is 12.0 Å². The van der Waals surface area contributed by atoms with Gasteiger partial charge in [0.2, 0.25) is 5.91 Å². The van der Waals surface area contributed by atoms with E-state index >= 15 is 0 Å². The molecule has 2 saturated heterocycles. The van der Waals surface area contributed by atoms with Crippen LogP contribution >= 0.6 is 0 Å². The average Bonchev–Trinajstić information content (AvgIpc) is 3.00. The summed E-state index contributed by atoms with van der Waals surface area (Å²) in [5.41, 5.74) is 2.49. The van der Waals surface area contributed by atoms with Crippen LogP contribution in [0.2, 0.25) is 0 Å². The largest absolute Gasteiger partial charge is 0.378 e. The molecule has 1 aromatic rings. The second-order valence-electron chi connectivity index (χ2n) is 6.37. The molecular weight excluding hydrogens is 276 g/mol. The number of nitrogens with zero attached hydrogens (tertiary/aromatic N) is 1. The van der Waals surface area contributed by atoms with Crippen molar-refractivity contribution < 1.29 is 9.53 Å². The first-order valence-electron chi connectivity index (χ1n) is 8.48. The molecule has 22 heavy (non-hydrogen) atoms. The molecule has 1 N–H and O–H groups in total. The van der Waals surface area contributed by atoms with Crippen LogP contribution in [-0.4, -0.2) is 31.7 Å². The first kappa shape index (κ1) is 15.3. The molecule has 0 spiro atoms. The third kappa shape index (κ3) is 3.43. The molecule has 1 aromatic carbocycles. The van der Waals surface area contributed by atoms with E-state index in [-0.39, 0.29) is 17.9 Å². The van der Waals surface area contributed by atoms with Crippen LogP contribution in [0, 0.1) is 5.92 Å². The molecule has 2 heterocycles. The maximum atomic E-state index is 12.3. The molecule has 2 unspecified atom stereocenters. The van der Waals surface area contributed by atoms with Crippen molar-refractivity contribution in [2.24, 2.45) is 5.92 Å². The number of anilines is 1. The average molecular weight is 302 g/mol. The van der Waals surface area contributed by atoms with Crippen LogP contribution in [0.15, 0.2) is 24.3 Å². The van der Waals surface area contributed by atoms with Crippen LogP contribution in [0.1, 0.15) is 38.2 Å². The monoisotopic (exact) mass is 302 g/mol. The number of hydrogen-bond donors (Lipinski definition) is 1. The molecule has 2 aliphatic heterocycles. The molecule has 4 nitrogen and oxygen atoms in total. The highest BCUT2D eigenvalue weighted by molar-refractivity contribution is 5.79. The molecule has 2 fully saturated rings. The summed E-state index contributed by atoms with van der Waals surface area (Å²) in [4.78, 5) is 14.8. The number of benzene rings is 1. The lowest BCUT2D eigenvalue weighted by molar-refractivity contribution is -0.126. The minimum Gasteiger partial charge on any atom is -0.378 e.